The first-order valence-electron chi connectivity index (χ1n) is 5.89. The topological polar surface area (TPSA) is 48.1 Å². The molecule has 1 aromatic heterocycles. The van der Waals surface area contributed by atoms with Gasteiger partial charge in [-0.15, -0.1) is 0 Å². The van der Waals surface area contributed by atoms with Crippen LogP contribution in [0.5, 0.6) is 5.75 Å². The average molecular weight is 242 g/mol. The third-order valence-corrected chi connectivity index (χ3v) is 3.20. The number of methoxy groups -OCH3 is 1. The van der Waals surface area contributed by atoms with E-state index in [1.165, 1.54) is 5.56 Å². The van der Waals surface area contributed by atoms with Crippen molar-refractivity contribution in [3.63, 3.8) is 0 Å². The molecule has 0 saturated heterocycles. The van der Waals surface area contributed by atoms with Crippen molar-refractivity contribution in [2.24, 2.45) is 5.73 Å². The molecule has 18 heavy (non-hydrogen) atoms. The minimum Gasteiger partial charge on any atom is -0.495 e. The summed E-state index contributed by atoms with van der Waals surface area (Å²) in [4.78, 5) is 4.16. The Hall–Kier alpha value is -1.87. The number of rotatable bonds is 3. The highest BCUT2D eigenvalue weighted by molar-refractivity contribution is 5.39. The lowest BCUT2D eigenvalue weighted by atomic mass is 9.86. The van der Waals surface area contributed by atoms with E-state index in [1.807, 2.05) is 13.0 Å². The lowest BCUT2D eigenvalue weighted by Gasteiger charge is -2.26. The molecule has 0 amide bonds. The van der Waals surface area contributed by atoms with Gasteiger partial charge in [0.05, 0.1) is 18.8 Å². The lowest BCUT2D eigenvalue weighted by molar-refractivity contribution is 0.410. The molecule has 2 aromatic rings. The molecule has 0 saturated carbocycles. The van der Waals surface area contributed by atoms with Crippen LogP contribution in [0.25, 0.3) is 0 Å². The number of aryl methyl sites for hydroxylation is 1. The second kappa shape index (κ2) is 4.78. The van der Waals surface area contributed by atoms with Gasteiger partial charge in [-0.3, -0.25) is 4.98 Å². The molecule has 1 atom stereocenters. The van der Waals surface area contributed by atoms with Gasteiger partial charge in [-0.2, -0.15) is 0 Å². The summed E-state index contributed by atoms with van der Waals surface area (Å²) in [6, 6.07) is 10.2. The van der Waals surface area contributed by atoms with E-state index in [2.05, 4.69) is 36.2 Å². The Labute approximate surface area is 108 Å². The summed E-state index contributed by atoms with van der Waals surface area (Å²) in [6.07, 6.45) is 3.46. The van der Waals surface area contributed by atoms with E-state index < -0.39 is 5.54 Å². The van der Waals surface area contributed by atoms with Gasteiger partial charge >= 0.3 is 0 Å². The first-order chi connectivity index (χ1) is 8.54. The van der Waals surface area contributed by atoms with Crippen molar-refractivity contribution in [3.8, 4) is 5.75 Å². The smallest absolute Gasteiger partial charge is 0.137 e. The molecule has 1 aromatic carbocycles. The van der Waals surface area contributed by atoms with E-state index in [9.17, 15) is 0 Å². The molecule has 0 aliphatic carbocycles. The zero-order valence-electron chi connectivity index (χ0n) is 11.0. The van der Waals surface area contributed by atoms with Crippen molar-refractivity contribution < 1.29 is 4.74 Å². The van der Waals surface area contributed by atoms with Crippen molar-refractivity contribution in [1.29, 1.82) is 0 Å². The van der Waals surface area contributed by atoms with Crippen LogP contribution in [-0.4, -0.2) is 12.1 Å². The number of nitrogens with zero attached hydrogens (tertiary/aromatic N) is 1. The standard InChI is InChI=1S/C15H18N2O/c1-11-4-6-12(7-5-11)15(2,16)13-8-14(18-3)10-17-9-13/h4-10H,16H2,1-3H3. The summed E-state index contributed by atoms with van der Waals surface area (Å²) in [5.74, 6) is 0.719. The maximum Gasteiger partial charge on any atom is 0.137 e. The van der Waals surface area contributed by atoms with Crippen LogP contribution in [0.3, 0.4) is 0 Å². The van der Waals surface area contributed by atoms with Gasteiger partial charge in [0.1, 0.15) is 5.75 Å². The number of ether oxygens (including phenoxy) is 1. The van der Waals surface area contributed by atoms with Crippen LogP contribution in [0.2, 0.25) is 0 Å². The third-order valence-electron chi connectivity index (χ3n) is 3.20. The highest BCUT2D eigenvalue weighted by Crippen LogP contribution is 2.28. The van der Waals surface area contributed by atoms with Gasteiger partial charge in [0.2, 0.25) is 0 Å². The zero-order chi connectivity index (χ0) is 13.2. The van der Waals surface area contributed by atoms with Crippen LogP contribution in [0.15, 0.2) is 42.7 Å². The molecule has 1 heterocycles. The molecule has 3 heteroatoms. The molecular weight excluding hydrogens is 224 g/mol. The summed E-state index contributed by atoms with van der Waals surface area (Å²) in [7, 11) is 1.63. The van der Waals surface area contributed by atoms with Crippen LogP contribution in [0.4, 0.5) is 0 Å². The number of nitrogens with two attached hydrogens (primary N) is 1. The van der Waals surface area contributed by atoms with Crippen LogP contribution < -0.4 is 10.5 Å². The highest BCUT2D eigenvalue weighted by atomic mass is 16.5. The molecule has 3 nitrogen and oxygen atoms in total. The average Bonchev–Trinajstić information content (AvgIpc) is 2.39. The second-order valence-corrected chi connectivity index (χ2v) is 4.68. The van der Waals surface area contributed by atoms with Crippen LogP contribution in [0.1, 0.15) is 23.6 Å². The SMILES string of the molecule is COc1cncc(C(C)(N)c2ccc(C)cc2)c1. The largest absolute Gasteiger partial charge is 0.495 e. The van der Waals surface area contributed by atoms with Gasteiger partial charge in [-0.1, -0.05) is 29.8 Å². The van der Waals surface area contributed by atoms with Crippen molar-refractivity contribution in [3.05, 3.63) is 59.4 Å². The Balaban J connectivity index is 2.43. The zero-order valence-corrected chi connectivity index (χ0v) is 11.0. The molecule has 2 rings (SSSR count). The third kappa shape index (κ3) is 2.36. The van der Waals surface area contributed by atoms with E-state index >= 15 is 0 Å². The monoisotopic (exact) mass is 242 g/mol. The Morgan fingerprint density at radius 3 is 2.39 bits per heavy atom. The van der Waals surface area contributed by atoms with Gasteiger partial charge in [0.25, 0.3) is 0 Å². The fourth-order valence-electron chi connectivity index (χ4n) is 1.88. The van der Waals surface area contributed by atoms with Crippen LogP contribution >= 0.6 is 0 Å². The van der Waals surface area contributed by atoms with Gasteiger partial charge in [0.15, 0.2) is 0 Å². The highest BCUT2D eigenvalue weighted by Gasteiger charge is 2.24. The van der Waals surface area contributed by atoms with Crippen molar-refractivity contribution in [2.45, 2.75) is 19.4 Å². The fraction of sp³-hybridized carbons (Fsp3) is 0.267. The molecule has 94 valence electrons. The van der Waals surface area contributed by atoms with Crippen LogP contribution in [-0.2, 0) is 5.54 Å². The Morgan fingerprint density at radius 1 is 1.11 bits per heavy atom. The molecule has 0 bridgehead atoms. The van der Waals surface area contributed by atoms with Crippen molar-refractivity contribution in [2.75, 3.05) is 7.11 Å². The first-order valence-corrected chi connectivity index (χ1v) is 5.89. The van der Waals surface area contributed by atoms with Crippen molar-refractivity contribution >= 4 is 0 Å². The van der Waals surface area contributed by atoms with Crippen molar-refractivity contribution in [1.82, 2.24) is 4.98 Å². The molecule has 0 aliphatic heterocycles. The Morgan fingerprint density at radius 2 is 1.78 bits per heavy atom. The Kier molecular flexibility index (Phi) is 3.34. The van der Waals surface area contributed by atoms with Gasteiger partial charge < -0.3 is 10.5 Å². The van der Waals surface area contributed by atoms with E-state index in [0.29, 0.717) is 0 Å². The normalized spacial score (nSPS) is 14.0. The maximum absolute atomic E-state index is 6.44. The number of benzene rings is 1. The van der Waals surface area contributed by atoms with Gasteiger partial charge in [-0.25, -0.2) is 0 Å². The predicted molar refractivity (Wildman–Crippen MR) is 72.6 cm³/mol. The molecule has 0 radical (unpaired) electrons. The maximum atomic E-state index is 6.44. The van der Waals surface area contributed by atoms with E-state index in [-0.39, 0.29) is 0 Å². The first kappa shape index (κ1) is 12.6. The molecule has 0 fully saturated rings. The quantitative estimate of drug-likeness (QED) is 0.900. The lowest BCUT2D eigenvalue weighted by Crippen LogP contribution is -2.34. The molecule has 0 aliphatic rings. The molecular formula is C15H18N2O. The van der Waals surface area contributed by atoms with Gasteiger partial charge in [0, 0.05) is 6.20 Å². The van der Waals surface area contributed by atoms with E-state index in [4.69, 9.17) is 10.5 Å². The van der Waals surface area contributed by atoms with Crippen LogP contribution in [0, 0.1) is 6.92 Å². The Bertz CT molecular complexity index is 532. The number of pyridine rings is 1. The minimum absolute atomic E-state index is 0.574. The molecule has 0 spiro atoms. The summed E-state index contributed by atoms with van der Waals surface area (Å²) >= 11 is 0. The summed E-state index contributed by atoms with van der Waals surface area (Å²) in [5.41, 5.74) is 9.08. The molecule has 1 unspecified atom stereocenters. The summed E-state index contributed by atoms with van der Waals surface area (Å²) < 4.78 is 5.19. The summed E-state index contributed by atoms with van der Waals surface area (Å²) in [5, 5.41) is 0. The van der Waals surface area contributed by atoms with Gasteiger partial charge in [-0.05, 0) is 31.0 Å². The van der Waals surface area contributed by atoms with E-state index in [1.54, 1.807) is 19.5 Å². The molecule has 2 N–H and O–H groups in total. The number of hydrogen-bond donors (Lipinski definition) is 1. The second-order valence-electron chi connectivity index (χ2n) is 4.68. The fourth-order valence-corrected chi connectivity index (χ4v) is 1.88. The van der Waals surface area contributed by atoms with E-state index in [0.717, 1.165) is 16.9 Å². The number of hydrogen-bond acceptors (Lipinski definition) is 3. The predicted octanol–water partition coefficient (Wildman–Crippen LogP) is 2.62. The summed E-state index contributed by atoms with van der Waals surface area (Å²) in [6.45, 7) is 4.04. The minimum atomic E-state index is -0.574. The number of aromatic nitrogens is 1.